The van der Waals surface area contributed by atoms with E-state index in [1.165, 1.54) is 35.1 Å². The first kappa shape index (κ1) is 30.6. The average Bonchev–Trinajstić information content (AvgIpc) is 3.32. The van der Waals surface area contributed by atoms with Gasteiger partial charge in [-0.3, -0.25) is 19.2 Å². The lowest BCUT2D eigenvalue weighted by atomic mass is 9.98. The minimum Gasteiger partial charge on any atom is -0.463 e. The summed E-state index contributed by atoms with van der Waals surface area (Å²) in [5, 5.41) is 13.1. The Kier molecular flexibility index (Phi) is 9.91. The molecule has 17 heteroatoms. The number of aromatic nitrogens is 3. The van der Waals surface area contributed by atoms with Crippen molar-refractivity contribution in [3.8, 4) is 5.69 Å². The number of ether oxygens (including phenoxy) is 6. The smallest absolute Gasteiger partial charge is 0.303 e. The molecule has 40 heavy (non-hydrogen) atoms. The van der Waals surface area contributed by atoms with E-state index < -0.39 is 71.2 Å². The molecule has 5 atom stereocenters. The van der Waals surface area contributed by atoms with Crippen molar-refractivity contribution in [2.45, 2.75) is 69.9 Å². The Labute approximate surface area is 228 Å². The van der Waals surface area contributed by atoms with E-state index in [-0.39, 0.29) is 17.2 Å². The number of rotatable bonds is 10. The first-order valence-electron chi connectivity index (χ1n) is 11.7. The summed E-state index contributed by atoms with van der Waals surface area (Å²) < 4.78 is 57.0. The van der Waals surface area contributed by atoms with E-state index in [1.54, 1.807) is 0 Å². The van der Waals surface area contributed by atoms with E-state index in [9.17, 15) is 27.6 Å². The minimum absolute atomic E-state index is 0.0800. The van der Waals surface area contributed by atoms with Gasteiger partial charge in [-0.1, -0.05) is 5.21 Å². The van der Waals surface area contributed by atoms with Crippen LogP contribution in [0.15, 0.2) is 35.4 Å². The summed E-state index contributed by atoms with van der Waals surface area (Å²) in [5.74, 6) is -2.95. The fourth-order valence-electron chi connectivity index (χ4n) is 3.77. The number of primary sulfonamides is 1. The normalized spacial score (nSPS) is 22.7. The Morgan fingerprint density at radius 3 is 2.02 bits per heavy atom. The molecule has 1 aliphatic rings. The number of sulfonamides is 1. The number of benzene rings is 1. The van der Waals surface area contributed by atoms with Crippen molar-refractivity contribution in [1.29, 1.82) is 0 Å². The summed E-state index contributed by atoms with van der Waals surface area (Å²) in [6.45, 7) is 3.85. The zero-order valence-electron chi connectivity index (χ0n) is 21.9. The van der Waals surface area contributed by atoms with Crippen LogP contribution in [0.25, 0.3) is 5.69 Å². The van der Waals surface area contributed by atoms with Crippen LogP contribution in [-0.4, -0.2) is 84.6 Å². The largest absolute Gasteiger partial charge is 0.463 e. The van der Waals surface area contributed by atoms with Crippen molar-refractivity contribution in [3.63, 3.8) is 0 Å². The molecule has 0 radical (unpaired) electrons. The summed E-state index contributed by atoms with van der Waals surface area (Å²) in [6.07, 6.45) is -5.15. The molecule has 0 unspecified atom stereocenters. The highest BCUT2D eigenvalue weighted by molar-refractivity contribution is 7.89. The molecule has 16 nitrogen and oxygen atoms in total. The number of carbonyl (C=O) groups excluding carboxylic acids is 4. The van der Waals surface area contributed by atoms with E-state index in [2.05, 4.69) is 10.3 Å². The first-order chi connectivity index (χ1) is 18.7. The fourth-order valence-corrected chi connectivity index (χ4v) is 4.29. The molecule has 2 heterocycles. The van der Waals surface area contributed by atoms with Crippen molar-refractivity contribution < 1.29 is 56.0 Å². The summed E-state index contributed by atoms with van der Waals surface area (Å²) >= 11 is 0. The maximum atomic E-state index is 11.9. The van der Waals surface area contributed by atoms with Crippen LogP contribution in [-0.2, 0) is 64.2 Å². The Balaban J connectivity index is 1.84. The molecule has 2 aromatic rings. The zero-order valence-corrected chi connectivity index (χ0v) is 22.7. The van der Waals surface area contributed by atoms with E-state index >= 15 is 0 Å². The third-order valence-electron chi connectivity index (χ3n) is 5.31. The van der Waals surface area contributed by atoms with Crippen molar-refractivity contribution in [3.05, 3.63) is 36.2 Å². The van der Waals surface area contributed by atoms with E-state index in [1.807, 2.05) is 0 Å². The number of carbonyl (C=O) groups is 4. The van der Waals surface area contributed by atoms with Gasteiger partial charge in [0.05, 0.1) is 23.4 Å². The molecule has 0 amide bonds. The second kappa shape index (κ2) is 12.9. The van der Waals surface area contributed by atoms with Gasteiger partial charge in [0.2, 0.25) is 10.0 Å². The van der Waals surface area contributed by atoms with Gasteiger partial charge in [0.15, 0.2) is 24.6 Å². The molecule has 0 spiro atoms. The number of nitrogens with two attached hydrogens (primary N) is 1. The van der Waals surface area contributed by atoms with Crippen molar-refractivity contribution in [1.82, 2.24) is 15.0 Å². The van der Waals surface area contributed by atoms with Crippen LogP contribution in [0.5, 0.6) is 0 Å². The van der Waals surface area contributed by atoms with Crippen molar-refractivity contribution in [2.75, 3.05) is 6.61 Å². The minimum atomic E-state index is -3.87. The zero-order chi connectivity index (χ0) is 29.6. The summed E-state index contributed by atoms with van der Waals surface area (Å²) in [5.41, 5.74) is 0.752. The maximum Gasteiger partial charge on any atom is 0.303 e. The van der Waals surface area contributed by atoms with Gasteiger partial charge in [-0.25, -0.2) is 18.2 Å². The highest BCUT2D eigenvalue weighted by Crippen LogP contribution is 2.30. The quantitative estimate of drug-likeness (QED) is 0.276. The second-order valence-electron chi connectivity index (χ2n) is 8.57. The lowest BCUT2D eigenvalue weighted by Crippen LogP contribution is -2.62. The van der Waals surface area contributed by atoms with E-state index in [0.29, 0.717) is 5.69 Å². The van der Waals surface area contributed by atoms with Gasteiger partial charge < -0.3 is 28.4 Å². The van der Waals surface area contributed by atoms with Crippen LogP contribution in [0.1, 0.15) is 33.4 Å². The van der Waals surface area contributed by atoms with Gasteiger partial charge in [-0.2, -0.15) is 0 Å². The van der Waals surface area contributed by atoms with Gasteiger partial charge in [-0.15, -0.1) is 5.10 Å². The van der Waals surface area contributed by atoms with Gasteiger partial charge in [-0.05, 0) is 24.3 Å². The summed E-state index contributed by atoms with van der Waals surface area (Å²) in [6, 6.07) is 5.55. The molecule has 218 valence electrons. The van der Waals surface area contributed by atoms with Crippen LogP contribution in [0, 0.1) is 0 Å². The fraction of sp³-hybridized carbons (Fsp3) is 0.478. The molecule has 1 aromatic heterocycles. The Morgan fingerprint density at radius 1 is 0.900 bits per heavy atom. The third-order valence-corrected chi connectivity index (χ3v) is 6.24. The van der Waals surface area contributed by atoms with Crippen LogP contribution in [0.4, 0.5) is 0 Å². The topological polar surface area (TPSA) is 215 Å². The van der Waals surface area contributed by atoms with Crippen molar-refractivity contribution >= 4 is 33.9 Å². The Morgan fingerprint density at radius 2 is 1.48 bits per heavy atom. The lowest BCUT2D eigenvalue weighted by Gasteiger charge is -2.43. The summed E-state index contributed by atoms with van der Waals surface area (Å²) in [4.78, 5) is 47.0. The molecule has 1 fully saturated rings. The highest BCUT2D eigenvalue weighted by atomic mass is 32.2. The van der Waals surface area contributed by atoms with Crippen molar-refractivity contribution in [2.24, 2.45) is 5.14 Å². The van der Waals surface area contributed by atoms with Crippen LogP contribution in [0.2, 0.25) is 0 Å². The van der Waals surface area contributed by atoms with E-state index in [0.717, 1.165) is 27.7 Å². The molecule has 3 rings (SSSR count). The van der Waals surface area contributed by atoms with E-state index in [4.69, 9.17) is 33.6 Å². The van der Waals surface area contributed by atoms with Crippen LogP contribution >= 0.6 is 0 Å². The molecule has 2 N–H and O–H groups in total. The monoisotopic (exact) mass is 584 g/mol. The maximum absolute atomic E-state index is 11.9. The van der Waals surface area contributed by atoms with Crippen LogP contribution < -0.4 is 5.14 Å². The molecule has 1 aromatic carbocycles. The SMILES string of the molecule is CC(=O)OC[C@@H]1O[C@@H](OCc2cn(-c3ccc(S(N)(=O)=O)cc3)nn2)[C@@H](OC(C)=O)[C@H](OC(C)=O)[C@H]1OC(C)=O. The number of esters is 4. The first-order valence-corrected chi connectivity index (χ1v) is 13.3. The molecule has 0 aliphatic carbocycles. The van der Waals surface area contributed by atoms with Gasteiger partial charge in [0, 0.05) is 27.7 Å². The number of hydrogen-bond acceptors (Lipinski definition) is 14. The Hall–Kier alpha value is -3.93. The predicted octanol–water partition coefficient (Wildman–Crippen LogP) is -0.486. The predicted molar refractivity (Wildman–Crippen MR) is 129 cm³/mol. The van der Waals surface area contributed by atoms with Gasteiger partial charge >= 0.3 is 23.9 Å². The molecular formula is C23H28N4O12S. The standard InChI is InChI=1S/C23H28N4O12S/c1-12(28)34-11-19-20(36-13(2)29)21(37-14(3)30)22(38-15(4)31)23(39-19)35-10-16-9-27(26-25-16)17-5-7-18(8-6-17)40(24,32)33/h5-9,19-23H,10-11H2,1-4H3,(H2,24,32,33)/t19-,20-,21+,22-,23+/m0/s1. The Bertz CT molecular complexity index is 1340. The van der Waals surface area contributed by atoms with Gasteiger partial charge in [0.1, 0.15) is 18.4 Å². The second-order valence-corrected chi connectivity index (χ2v) is 10.1. The molecule has 0 bridgehead atoms. The summed E-state index contributed by atoms with van der Waals surface area (Å²) in [7, 11) is -3.87. The molecule has 0 saturated carbocycles. The average molecular weight is 585 g/mol. The lowest BCUT2D eigenvalue weighted by molar-refractivity contribution is -0.310. The van der Waals surface area contributed by atoms with Crippen LogP contribution in [0.3, 0.4) is 0 Å². The van der Waals surface area contributed by atoms with Gasteiger partial charge in [0.25, 0.3) is 0 Å². The highest BCUT2D eigenvalue weighted by Gasteiger charge is 2.52. The third kappa shape index (κ3) is 8.28. The molecular weight excluding hydrogens is 556 g/mol. The molecule has 1 aliphatic heterocycles. The number of nitrogens with zero attached hydrogens (tertiary/aromatic N) is 3. The molecule has 1 saturated heterocycles. The number of hydrogen-bond donors (Lipinski definition) is 1.